The highest BCUT2D eigenvalue weighted by Gasteiger charge is 2.03. The van der Waals surface area contributed by atoms with Gasteiger partial charge in [0.1, 0.15) is 5.82 Å². The number of carbonyl (C=O) groups is 1. The van der Waals surface area contributed by atoms with E-state index >= 15 is 0 Å². The number of benzene rings is 1. The molecule has 0 saturated carbocycles. The molecule has 1 aromatic rings. The molecule has 4 heteroatoms. The molecule has 0 bridgehead atoms. The largest absolute Gasteiger partial charge is 0.355 e. The van der Waals surface area contributed by atoms with Crippen molar-refractivity contribution in [3.63, 3.8) is 0 Å². The maximum absolute atomic E-state index is 12.8. The number of hydrogen-bond donors (Lipinski definition) is 1. The average Bonchev–Trinajstić information content (AvgIpc) is 2.08. The lowest BCUT2D eigenvalue weighted by atomic mass is 10.2. The molecule has 0 saturated heterocycles. The minimum Gasteiger partial charge on any atom is -0.355 e. The van der Waals surface area contributed by atoms with Crippen molar-refractivity contribution in [1.82, 2.24) is 5.32 Å². The van der Waals surface area contributed by atoms with Crippen LogP contribution in [0.2, 0.25) is 5.02 Å². The summed E-state index contributed by atoms with van der Waals surface area (Å²) in [6, 6.07) is 4.47. The third kappa shape index (κ3) is 1.95. The normalized spacial score (nSPS) is 9.50. The highest BCUT2D eigenvalue weighted by molar-refractivity contribution is 6.31. The van der Waals surface area contributed by atoms with E-state index in [0.29, 0.717) is 12.0 Å². The summed E-state index contributed by atoms with van der Waals surface area (Å²) in [5, 5.41) is 2.46. The molecular weight excluding hydrogens is 181 g/mol. The first kappa shape index (κ1) is 9.00. The van der Waals surface area contributed by atoms with Gasteiger partial charge in [0.2, 0.25) is 6.41 Å². The molecule has 0 unspecified atom stereocenters. The lowest BCUT2D eigenvalue weighted by Gasteiger charge is -2.02. The lowest BCUT2D eigenvalue weighted by Crippen LogP contribution is -2.10. The summed E-state index contributed by atoms with van der Waals surface area (Å²) < 4.78 is 12.8. The van der Waals surface area contributed by atoms with Gasteiger partial charge in [-0.1, -0.05) is 23.7 Å². The second kappa shape index (κ2) is 4.07. The molecule has 0 aliphatic carbocycles. The summed E-state index contributed by atoms with van der Waals surface area (Å²) in [5.41, 5.74) is 0.573. The molecule has 2 nitrogen and oxygen atoms in total. The Bertz CT molecular complexity index is 290. The van der Waals surface area contributed by atoms with Crippen molar-refractivity contribution >= 4 is 18.0 Å². The molecule has 1 rings (SSSR count). The van der Waals surface area contributed by atoms with Crippen LogP contribution >= 0.6 is 11.6 Å². The Kier molecular flexibility index (Phi) is 3.05. The summed E-state index contributed by atoms with van der Waals surface area (Å²) in [6.07, 6.45) is 0.543. The summed E-state index contributed by atoms with van der Waals surface area (Å²) >= 11 is 5.60. The van der Waals surface area contributed by atoms with Gasteiger partial charge in [0.05, 0.1) is 5.02 Å². The Morgan fingerprint density at radius 1 is 1.58 bits per heavy atom. The third-order valence-electron chi connectivity index (χ3n) is 1.41. The quantitative estimate of drug-likeness (QED) is 0.718. The van der Waals surface area contributed by atoms with E-state index in [1.165, 1.54) is 6.07 Å². The summed E-state index contributed by atoms with van der Waals surface area (Å²) in [7, 11) is 0. The molecule has 0 aliphatic heterocycles. The first-order chi connectivity index (χ1) is 5.75. The number of amides is 1. The van der Waals surface area contributed by atoms with Gasteiger partial charge < -0.3 is 5.32 Å². The van der Waals surface area contributed by atoms with Crippen LogP contribution in [0.3, 0.4) is 0 Å². The van der Waals surface area contributed by atoms with Crippen molar-refractivity contribution in [2.75, 3.05) is 0 Å². The van der Waals surface area contributed by atoms with E-state index in [-0.39, 0.29) is 11.6 Å². The fourth-order valence-corrected chi connectivity index (χ4v) is 1.03. The third-order valence-corrected chi connectivity index (χ3v) is 1.83. The molecule has 0 spiro atoms. The smallest absolute Gasteiger partial charge is 0.207 e. The molecule has 1 N–H and O–H groups in total. The van der Waals surface area contributed by atoms with Crippen molar-refractivity contribution < 1.29 is 9.18 Å². The molecular formula is C8H7ClFNO. The average molecular weight is 188 g/mol. The topological polar surface area (TPSA) is 29.1 Å². The first-order valence-electron chi connectivity index (χ1n) is 3.35. The van der Waals surface area contributed by atoms with Gasteiger partial charge in [-0.2, -0.15) is 0 Å². The molecule has 0 heterocycles. The summed E-state index contributed by atoms with van der Waals surface area (Å²) in [4.78, 5) is 9.93. The molecule has 1 amide bonds. The van der Waals surface area contributed by atoms with Crippen LogP contribution in [-0.2, 0) is 11.3 Å². The fourth-order valence-electron chi connectivity index (χ4n) is 0.837. The van der Waals surface area contributed by atoms with Crippen molar-refractivity contribution in [3.05, 3.63) is 34.6 Å². The monoisotopic (exact) mass is 187 g/mol. The molecule has 1 aromatic carbocycles. The van der Waals surface area contributed by atoms with Gasteiger partial charge >= 0.3 is 0 Å². The fraction of sp³-hybridized carbons (Fsp3) is 0.125. The minimum atomic E-state index is -0.470. The molecule has 0 atom stereocenters. The van der Waals surface area contributed by atoms with Crippen LogP contribution in [0.4, 0.5) is 4.39 Å². The Morgan fingerprint density at radius 2 is 2.33 bits per heavy atom. The SMILES string of the molecule is O=CNCc1cccc(F)c1Cl. The van der Waals surface area contributed by atoms with Crippen molar-refractivity contribution in [2.24, 2.45) is 0 Å². The van der Waals surface area contributed by atoms with Crippen LogP contribution in [0, 0.1) is 5.82 Å². The molecule has 64 valence electrons. The van der Waals surface area contributed by atoms with E-state index in [1.807, 2.05) is 0 Å². The van der Waals surface area contributed by atoms with Crippen LogP contribution < -0.4 is 5.32 Å². The Balaban J connectivity index is 2.84. The number of halogens is 2. The van der Waals surface area contributed by atoms with E-state index in [1.54, 1.807) is 12.1 Å². The number of nitrogens with one attached hydrogen (secondary N) is 1. The summed E-state index contributed by atoms with van der Waals surface area (Å²) in [6.45, 7) is 0.250. The lowest BCUT2D eigenvalue weighted by molar-refractivity contribution is -0.109. The predicted molar refractivity (Wildman–Crippen MR) is 44.3 cm³/mol. The number of carbonyl (C=O) groups excluding carboxylic acids is 1. The van der Waals surface area contributed by atoms with Gasteiger partial charge in [-0.15, -0.1) is 0 Å². The van der Waals surface area contributed by atoms with Gasteiger partial charge in [0.25, 0.3) is 0 Å². The van der Waals surface area contributed by atoms with E-state index in [2.05, 4.69) is 5.32 Å². The van der Waals surface area contributed by atoms with Crippen molar-refractivity contribution in [2.45, 2.75) is 6.54 Å². The Hall–Kier alpha value is -1.09. The maximum Gasteiger partial charge on any atom is 0.207 e. The highest BCUT2D eigenvalue weighted by Crippen LogP contribution is 2.18. The number of hydrogen-bond acceptors (Lipinski definition) is 1. The zero-order valence-corrected chi connectivity index (χ0v) is 6.94. The zero-order valence-electron chi connectivity index (χ0n) is 6.18. The van der Waals surface area contributed by atoms with E-state index < -0.39 is 5.82 Å². The molecule has 12 heavy (non-hydrogen) atoms. The Morgan fingerprint density at radius 3 is 3.00 bits per heavy atom. The van der Waals surface area contributed by atoms with Crippen LogP contribution in [0.1, 0.15) is 5.56 Å². The molecule has 0 fully saturated rings. The minimum absolute atomic E-state index is 0.0619. The van der Waals surface area contributed by atoms with Gasteiger partial charge in [-0.25, -0.2) is 4.39 Å². The van der Waals surface area contributed by atoms with Crippen molar-refractivity contribution in [1.29, 1.82) is 0 Å². The van der Waals surface area contributed by atoms with Gasteiger partial charge in [-0.3, -0.25) is 4.79 Å². The second-order valence-corrected chi connectivity index (χ2v) is 2.59. The van der Waals surface area contributed by atoms with Crippen LogP contribution in [-0.4, -0.2) is 6.41 Å². The highest BCUT2D eigenvalue weighted by atomic mass is 35.5. The molecule has 0 aromatic heterocycles. The van der Waals surface area contributed by atoms with Gasteiger partial charge in [-0.05, 0) is 11.6 Å². The second-order valence-electron chi connectivity index (χ2n) is 2.21. The van der Waals surface area contributed by atoms with Crippen LogP contribution in [0.15, 0.2) is 18.2 Å². The van der Waals surface area contributed by atoms with E-state index in [9.17, 15) is 9.18 Å². The zero-order chi connectivity index (χ0) is 8.97. The first-order valence-corrected chi connectivity index (χ1v) is 3.73. The van der Waals surface area contributed by atoms with Gasteiger partial charge in [0.15, 0.2) is 0 Å². The van der Waals surface area contributed by atoms with E-state index in [4.69, 9.17) is 11.6 Å². The molecule has 0 aliphatic rings. The molecule has 0 radical (unpaired) electrons. The predicted octanol–water partition coefficient (Wildman–Crippen LogP) is 1.73. The van der Waals surface area contributed by atoms with E-state index in [0.717, 1.165) is 0 Å². The number of rotatable bonds is 3. The summed E-state index contributed by atoms with van der Waals surface area (Å²) in [5.74, 6) is -0.470. The van der Waals surface area contributed by atoms with Gasteiger partial charge in [0, 0.05) is 6.54 Å². The van der Waals surface area contributed by atoms with Crippen molar-refractivity contribution in [3.8, 4) is 0 Å². The Labute approximate surface area is 74.3 Å². The van der Waals surface area contributed by atoms with Crippen LogP contribution in [0.5, 0.6) is 0 Å². The maximum atomic E-state index is 12.8. The standard InChI is InChI=1S/C8H7ClFNO/c9-8-6(4-11-5-12)2-1-3-7(8)10/h1-3,5H,4H2,(H,11,12). The van der Waals surface area contributed by atoms with Crippen LogP contribution in [0.25, 0.3) is 0 Å².